The monoisotopic (exact) mass is 306 g/mol. The van der Waals surface area contributed by atoms with E-state index in [4.69, 9.17) is 9.60 Å². The van der Waals surface area contributed by atoms with Crippen molar-refractivity contribution in [2.75, 3.05) is 0 Å². The van der Waals surface area contributed by atoms with Gasteiger partial charge in [-0.2, -0.15) is 0 Å². The molecule has 1 nitrogen and oxygen atoms in total. The first kappa shape index (κ1) is 8.35. The Hall–Kier alpha value is -2.54. The van der Waals surface area contributed by atoms with Gasteiger partial charge in [0.25, 0.3) is 0 Å². The summed E-state index contributed by atoms with van der Waals surface area (Å²) in [5.41, 5.74) is 1.03. The van der Waals surface area contributed by atoms with Crippen molar-refractivity contribution < 1.29 is 9.60 Å². The normalized spacial score (nSPS) is 16.4. The highest BCUT2D eigenvalue weighted by Crippen LogP contribution is 2.34. The van der Waals surface area contributed by atoms with E-state index in [9.17, 15) is 0 Å². The van der Waals surface area contributed by atoms with E-state index in [0.29, 0.717) is 16.8 Å². The average molecular weight is 306 g/mol. The Labute approximate surface area is 147 Å². The van der Waals surface area contributed by atoms with E-state index in [1.54, 1.807) is 16.7 Å². The van der Waals surface area contributed by atoms with Crippen molar-refractivity contribution in [3.8, 4) is 5.69 Å². The summed E-state index contributed by atoms with van der Waals surface area (Å²) in [6.07, 6.45) is 0. The molecule has 0 fully saturated rings. The Bertz CT molecular complexity index is 1330. The molecule has 4 rings (SSSR count). The van der Waals surface area contributed by atoms with E-state index in [-0.39, 0.29) is 52.5 Å². The molecule has 1 heterocycles. The van der Waals surface area contributed by atoms with Crippen molar-refractivity contribution in [2.24, 2.45) is 0 Å². The maximum absolute atomic E-state index is 8.96. The lowest BCUT2D eigenvalue weighted by atomic mass is 9.86. The molecule has 0 saturated carbocycles. The summed E-state index contributed by atoms with van der Waals surface area (Å²) in [4.78, 5) is 0. The number of hydrogen-bond donors (Lipinski definition) is 0. The largest absolute Gasteiger partial charge is 0.309 e. The fraction of sp³-hybridized carbons (Fsp3) is 0.182. The van der Waals surface area contributed by atoms with Gasteiger partial charge in [-0.25, -0.2) is 0 Å². The van der Waals surface area contributed by atoms with Gasteiger partial charge in [0, 0.05) is 16.5 Å². The van der Waals surface area contributed by atoms with Gasteiger partial charge in [-0.1, -0.05) is 69.2 Å². The second kappa shape index (κ2) is 4.99. The highest BCUT2D eigenvalue weighted by atomic mass is 15.0. The van der Waals surface area contributed by atoms with Crippen LogP contribution in [0, 0.1) is 0 Å². The van der Waals surface area contributed by atoms with Crippen molar-refractivity contribution >= 4 is 21.8 Å². The molecule has 23 heavy (non-hydrogen) atoms. The van der Waals surface area contributed by atoms with Gasteiger partial charge in [0.1, 0.15) is 0 Å². The van der Waals surface area contributed by atoms with E-state index < -0.39 is 11.5 Å². The lowest BCUT2D eigenvalue weighted by Gasteiger charge is -2.19. The molecule has 4 aromatic rings. The quantitative estimate of drug-likeness (QED) is 0.401. The van der Waals surface area contributed by atoms with Crippen LogP contribution in [-0.4, -0.2) is 4.57 Å². The number of hydrogen-bond acceptors (Lipinski definition) is 0. The summed E-state index contributed by atoms with van der Waals surface area (Å²) in [5.74, 6) is 0. The molecule has 0 N–H and O–H groups in total. The Morgan fingerprint density at radius 1 is 0.826 bits per heavy atom. The minimum atomic E-state index is -0.565. The van der Waals surface area contributed by atoms with Crippen LogP contribution in [0.3, 0.4) is 0 Å². The molecule has 1 heteroatoms. The van der Waals surface area contributed by atoms with Gasteiger partial charge < -0.3 is 4.57 Å². The van der Waals surface area contributed by atoms with Crippen molar-refractivity contribution in [1.29, 1.82) is 0 Å². The zero-order chi connectivity index (χ0) is 22.1. The Kier molecular flexibility index (Phi) is 1.81. The smallest absolute Gasteiger partial charge is 0.0648 e. The van der Waals surface area contributed by atoms with Crippen LogP contribution in [0.5, 0.6) is 0 Å². The van der Waals surface area contributed by atoms with Crippen molar-refractivity contribution in [2.45, 2.75) is 26.2 Å². The van der Waals surface area contributed by atoms with Gasteiger partial charge in [-0.05, 0) is 35.2 Å². The third-order valence-corrected chi connectivity index (χ3v) is 3.92. The average Bonchev–Trinajstić information content (AvgIpc) is 3.05. The molecule has 0 amide bonds. The molecule has 0 aliphatic carbocycles. The number of fused-ring (bicyclic) bond motifs is 3. The first-order chi connectivity index (χ1) is 14.0. The van der Waals surface area contributed by atoms with E-state index in [0.717, 1.165) is 0 Å². The topological polar surface area (TPSA) is 4.93 Å². The highest BCUT2D eigenvalue weighted by molar-refractivity contribution is 6.09. The molecule has 0 spiro atoms. The minimum absolute atomic E-state index is 0.0652. The van der Waals surface area contributed by atoms with Gasteiger partial charge in [0.2, 0.25) is 0 Å². The summed E-state index contributed by atoms with van der Waals surface area (Å²) >= 11 is 0. The van der Waals surface area contributed by atoms with Crippen LogP contribution in [0.2, 0.25) is 0 Å². The van der Waals surface area contributed by atoms with Gasteiger partial charge >= 0.3 is 0 Å². The maximum atomic E-state index is 8.96. The van der Waals surface area contributed by atoms with Crippen molar-refractivity contribution in [3.63, 3.8) is 0 Å². The van der Waals surface area contributed by atoms with Crippen LogP contribution in [0.25, 0.3) is 27.5 Å². The molecular formula is C22H21N. The summed E-state index contributed by atoms with van der Waals surface area (Å²) in [7, 11) is 0. The number of rotatable bonds is 1. The van der Waals surface area contributed by atoms with Gasteiger partial charge in [0.05, 0.1) is 20.6 Å². The van der Waals surface area contributed by atoms with E-state index in [2.05, 4.69) is 0 Å². The molecular weight excluding hydrogens is 278 g/mol. The Morgan fingerprint density at radius 2 is 1.52 bits per heavy atom. The minimum Gasteiger partial charge on any atom is -0.309 e. The molecule has 0 atom stereocenters. The lowest BCUT2D eigenvalue weighted by molar-refractivity contribution is 0.591. The standard InChI is InChI=1S/C22H21N/c1-22(2,3)16-13-14-19-18-11-7-8-12-20(18)23(21(19)15-16)17-9-5-4-6-10-17/h4-15H,1-3H3/i7D,8D,11D,12D,13D,14D,15D. The highest BCUT2D eigenvalue weighted by Gasteiger charge is 2.17. The van der Waals surface area contributed by atoms with Crippen LogP contribution < -0.4 is 0 Å². The van der Waals surface area contributed by atoms with Crippen LogP contribution in [0.1, 0.15) is 35.9 Å². The fourth-order valence-electron chi connectivity index (χ4n) is 2.72. The third kappa shape index (κ3) is 2.24. The second-order valence-electron chi connectivity index (χ2n) is 6.62. The Morgan fingerprint density at radius 3 is 2.26 bits per heavy atom. The second-order valence-corrected chi connectivity index (χ2v) is 6.62. The molecule has 0 aliphatic heterocycles. The predicted molar refractivity (Wildman–Crippen MR) is 99.5 cm³/mol. The molecule has 114 valence electrons. The summed E-state index contributed by atoms with van der Waals surface area (Å²) in [6.45, 7) is 5.65. The summed E-state index contributed by atoms with van der Waals surface area (Å²) in [6, 6.07) is 7.67. The van der Waals surface area contributed by atoms with Crippen LogP contribution >= 0.6 is 0 Å². The predicted octanol–water partition coefficient (Wildman–Crippen LogP) is 6.08. The fourth-order valence-corrected chi connectivity index (χ4v) is 2.72. The van der Waals surface area contributed by atoms with E-state index >= 15 is 0 Å². The third-order valence-electron chi connectivity index (χ3n) is 3.92. The molecule has 1 aromatic heterocycles. The number of aromatic nitrogens is 1. The number of para-hydroxylation sites is 2. The van der Waals surface area contributed by atoms with Crippen molar-refractivity contribution in [3.05, 3.63) is 78.2 Å². The van der Waals surface area contributed by atoms with Gasteiger partial charge in [-0.3, -0.25) is 0 Å². The summed E-state index contributed by atoms with van der Waals surface area (Å²) in [5, 5.41) is 0.385. The molecule has 0 unspecified atom stereocenters. The number of nitrogens with zero attached hydrogens (tertiary/aromatic N) is 1. The van der Waals surface area contributed by atoms with E-state index in [1.807, 2.05) is 39.0 Å². The first-order valence-corrected chi connectivity index (χ1v) is 7.58. The van der Waals surface area contributed by atoms with Crippen LogP contribution in [-0.2, 0) is 5.41 Å². The first-order valence-electron chi connectivity index (χ1n) is 11.1. The zero-order valence-corrected chi connectivity index (χ0v) is 13.3. The molecule has 0 bridgehead atoms. The lowest BCUT2D eigenvalue weighted by Crippen LogP contribution is -2.10. The number of benzene rings is 3. The molecule has 0 radical (unpaired) electrons. The van der Waals surface area contributed by atoms with Crippen LogP contribution in [0.15, 0.2) is 72.6 Å². The van der Waals surface area contributed by atoms with Gasteiger partial charge in [0.15, 0.2) is 0 Å². The van der Waals surface area contributed by atoms with E-state index in [1.165, 1.54) is 0 Å². The van der Waals surface area contributed by atoms with Crippen LogP contribution in [0.4, 0.5) is 0 Å². The molecule has 3 aromatic carbocycles. The van der Waals surface area contributed by atoms with Gasteiger partial charge in [-0.15, -0.1) is 0 Å². The SMILES string of the molecule is [2H]c1c([2H])c([2H])c2c(c1[2H])c1c([2H])c([2H])c(C(C)(C)C)c([2H])c1n2-c1ccccc1. The Balaban J connectivity index is 2.44. The van der Waals surface area contributed by atoms with Crippen molar-refractivity contribution in [1.82, 2.24) is 4.57 Å². The molecule has 0 saturated heterocycles. The molecule has 0 aliphatic rings. The zero-order valence-electron chi connectivity index (χ0n) is 20.3. The summed E-state index contributed by atoms with van der Waals surface area (Å²) < 4.78 is 61.2. The maximum Gasteiger partial charge on any atom is 0.0648 e.